The number of rotatable bonds is 4. The second-order valence-corrected chi connectivity index (χ2v) is 5.81. The van der Waals surface area contributed by atoms with Crippen LogP contribution in [0.3, 0.4) is 0 Å². The third-order valence-electron chi connectivity index (χ3n) is 4.07. The molecule has 3 amide bonds. The van der Waals surface area contributed by atoms with Crippen molar-refractivity contribution in [3.63, 3.8) is 0 Å². The monoisotopic (exact) mass is 341 g/mol. The second-order valence-electron chi connectivity index (χ2n) is 5.81. The number of halogens is 1. The zero-order valence-electron chi connectivity index (χ0n) is 13.2. The van der Waals surface area contributed by atoms with Crippen molar-refractivity contribution in [3.05, 3.63) is 59.9 Å². The third-order valence-corrected chi connectivity index (χ3v) is 4.07. The van der Waals surface area contributed by atoms with Crippen molar-refractivity contribution < 1.29 is 18.8 Å². The summed E-state index contributed by atoms with van der Waals surface area (Å²) in [4.78, 5) is 37.0. The lowest BCUT2D eigenvalue weighted by molar-refractivity contribution is -0.122. The molecule has 0 unspecified atom stereocenters. The van der Waals surface area contributed by atoms with Gasteiger partial charge in [0.1, 0.15) is 5.82 Å². The Hall–Kier alpha value is -3.22. The first-order valence-electron chi connectivity index (χ1n) is 7.70. The zero-order valence-corrected chi connectivity index (χ0v) is 13.2. The Kier molecular flexibility index (Phi) is 4.47. The number of benzene rings is 2. The Morgan fingerprint density at radius 1 is 1.08 bits per heavy atom. The molecule has 6 nitrogen and oxygen atoms in total. The fourth-order valence-corrected chi connectivity index (χ4v) is 2.72. The average molecular weight is 341 g/mol. The molecule has 0 aliphatic carbocycles. The molecule has 0 saturated carbocycles. The topological polar surface area (TPSA) is 92.5 Å². The Balaban J connectivity index is 1.66. The van der Waals surface area contributed by atoms with Crippen molar-refractivity contribution in [1.82, 2.24) is 0 Å². The third kappa shape index (κ3) is 3.65. The fourth-order valence-electron chi connectivity index (χ4n) is 2.72. The highest BCUT2D eigenvalue weighted by molar-refractivity contribution is 6.03. The number of primary amides is 1. The van der Waals surface area contributed by atoms with Crippen LogP contribution in [0.5, 0.6) is 0 Å². The van der Waals surface area contributed by atoms with Gasteiger partial charge in [0.05, 0.1) is 5.92 Å². The summed E-state index contributed by atoms with van der Waals surface area (Å²) in [6.45, 7) is 0.232. The molecule has 128 valence electrons. The van der Waals surface area contributed by atoms with E-state index in [2.05, 4.69) is 5.32 Å². The maximum atomic E-state index is 13.0. The molecule has 1 fully saturated rings. The van der Waals surface area contributed by atoms with E-state index in [1.54, 1.807) is 12.1 Å². The van der Waals surface area contributed by atoms with Crippen molar-refractivity contribution in [1.29, 1.82) is 0 Å². The number of hydrogen-bond donors (Lipinski definition) is 2. The molecule has 1 saturated heterocycles. The van der Waals surface area contributed by atoms with Crippen molar-refractivity contribution in [2.45, 2.75) is 6.42 Å². The lowest BCUT2D eigenvalue weighted by atomic mass is 10.1. The first-order valence-corrected chi connectivity index (χ1v) is 7.70. The SMILES string of the molecule is NC(=O)c1ccc(NC(=O)[C@@H]2CC(=O)N(c3ccc(F)cc3)C2)cc1. The predicted octanol–water partition coefficient (Wildman–Crippen LogP) is 1.92. The molecule has 2 aromatic rings. The van der Waals surface area contributed by atoms with Crippen LogP contribution in [0.2, 0.25) is 0 Å². The molecule has 1 atom stereocenters. The summed E-state index contributed by atoms with van der Waals surface area (Å²) < 4.78 is 13.0. The van der Waals surface area contributed by atoms with Gasteiger partial charge in [-0.2, -0.15) is 0 Å². The molecule has 0 aromatic heterocycles. The molecule has 3 N–H and O–H groups in total. The van der Waals surface area contributed by atoms with Gasteiger partial charge in [0, 0.05) is 29.9 Å². The second kappa shape index (κ2) is 6.72. The van der Waals surface area contributed by atoms with Crippen molar-refractivity contribution in [3.8, 4) is 0 Å². The van der Waals surface area contributed by atoms with Crippen LogP contribution in [0.25, 0.3) is 0 Å². The first-order chi connectivity index (χ1) is 11.9. The van der Waals surface area contributed by atoms with E-state index in [1.165, 1.54) is 41.3 Å². The zero-order chi connectivity index (χ0) is 18.0. The van der Waals surface area contributed by atoms with E-state index in [9.17, 15) is 18.8 Å². The van der Waals surface area contributed by atoms with Crippen LogP contribution < -0.4 is 16.0 Å². The highest BCUT2D eigenvalue weighted by Crippen LogP contribution is 2.26. The summed E-state index contributed by atoms with van der Waals surface area (Å²) in [6.07, 6.45) is 0.0859. The van der Waals surface area contributed by atoms with Gasteiger partial charge in [0.2, 0.25) is 17.7 Å². The summed E-state index contributed by atoms with van der Waals surface area (Å²) in [5.74, 6) is -1.91. The number of carbonyl (C=O) groups is 3. The van der Waals surface area contributed by atoms with Gasteiger partial charge in [0.15, 0.2) is 0 Å². The molecule has 2 aromatic carbocycles. The van der Waals surface area contributed by atoms with E-state index >= 15 is 0 Å². The van der Waals surface area contributed by atoms with Gasteiger partial charge in [0.25, 0.3) is 0 Å². The predicted molar refractivity (Wildman–Crippen MR) is 90.4 cm³/mol. The molecule has 25 heavy (non-hydrogen) atoms. The normalized spacial score (nSPS) is 16.8. The summed E-state index contributed by atoms with van der Waals surface area (Å²) in [6, 6.07) is 11.8. The highest BCUT2D eigenvalue weighted by atomic mass is 19.1. The summed E-state index contributed by atoms with van der Waals surface area (Å²) in [5, 5.41) is 2.72. The van der Waals surface area contributed by atoms with Crippen LogP contribution in [0, 0.1) is 11.7 Å². The molecule has 0 radical (unpaired) electrons. The number of amides is 3. The number of carbonyl (C=O) groups excluding carboxylic acids is 3. The van der Waals surface area contributed by atoms with Crippen molar-refractivity contribution in [2.75, 3.05) is 16.8 Å². The molecule has 7 heteroatoms. The number of anilines is 2. The smallest absolute Gasteiger partial charge is 0.248 e. The largest absolute Gasteiger partial charge is 0.366 e. The Bertz CT molecular complexity index is 818. The van der Waals surface area contributed by atoms with Gasteiger partial charge in [-0.3, -0.25) is 14.4 Å². The number of nitrogens with zero attached hydrogens (tertiary/aromatic N) is 1. The first kappa shape index (κ1) is 16.6. The van der Waals surface area contributed by atoms with Crippen LogP contribution in [0.15, 0.2) is 48.5 Å². The van der Waals surface area contributed by atoms with Crippen molar-refractivity contribution >= 4 is 29.1 Å². The molecule has 0 spiro atoms. The minimum absolute atomic E-state index is 0.0859. The van der Waals surface area contributed by atoms with Gasteiger partial charge in [-0.1, -0.05) is 0 Å². The number of nitrogens with one attached hydrogen (secondary N) is 1. The molecule has 0 bridgehead atoms. The fraction of sp³-hybridized carbons (Fsp3) is 0.167. The molecule has 1 aliphatic heterocycles. The molecular formula is C18H16FN3O3. The van der Waals surface area contributed by atoms with Gasteiger partial charge in [-0.25, -0.2) is 4.39 Å². The molecule has 3 rings (SSSR count). The van der Waals surface area contributed by atoms with Gasteiger partial charge in [-0.15, -0.1) is 0 Å². The number of hydrogen-bond acceptors (Lipinski definition) is 3. The van der Waals surface area contributed by atoms with Crippen LogP contribution in [0.1, 0.15) is 16.8 Å². The number of nitrogens with two attached hydrogens (primary N) is 1. The van der Waals surface area contributed by atoms with Crippen LogP contribution in [0.4, 0.5) is 15.8 Å². The van der Waals surface area contributed by atoms with E-state index < -0.39 is 11.8 Å². The maximum absolute atomic E-state index is 13.0. The Morgan fingerprint density at radius 2 is 1.72 bits per heavy atom. The summed E-state index contributed by atoms with van der Waals surface area (Å²) >= 11 is 0. The Labute approximate surface area is 143 Å². The average Bonchev–Trinajstić information content (AvgIpc) is 2.98. The minimum atomic E-state index is -0.547. The highest BCUT2D eigenvalue weighted by Gasteiger charge is 2.35. The standard InChI is InChI=1S/C18H16FN3O3/c19-13-3-7-15(8-4-13)22-10-12(9-16(22)23)18(25)21-14-5-1-11(2-6-14)17(20)24/h1-8,12H,9-10H2,(H2,20,24)(H,21,25)/t12-/m1/s1. The van der Waals surface area contributed by atoms with Gasteiger partial charge in [-0.05, 0) is 48.5 Å². The molecule has 1 heterocycles. The van der Waals surface area contributed by atoms with Gasteiger partial charge < -0.3 is 16.0 Å². The molecule has 1 aliphatic rings. The van der Waals surface area contributed by atoms with E-state index in [0.717, 1.165) is 0 Å². The maximum Gasteiger partial charge on any atom is 0.248 e. The van der Waals surface area contributed by atoms with Crippen LogP contribution in [-0.4, -0.2) is 24.3 Å². The summed E-state index contributed by atoms with van der Waals surface area (Å²) in [7, 11) is 0. The quantitative estimate of drug-likeness (QED) is 0.890. The summed E-state index contributed by atoms with van der Waals surface area (Å²) in [5.41, 5.74) is 6.59. The molecular weight excluding hydrogens is 325 g/mol. The minimum Gasteiger partial charge on any atom is -0.366 e. The lowest BCUT2D eigenvalue weighted by Crippen LogP contribution is -2.28. The van der Waals surface area contributed by atoms with Crippen LogP contribution >= 0.6 is 0 Å². The van der Waals surface area contributed by atoms with E-state index in [0.29, 0.717) is 16.9 Å². The van der Waals surface area contributed by atoms with Crippen LogP contribution in [-0.2, 0) is 9.59 Å². The van der Waals surface area contributed by atoms with E-state index in [1.807, 2.05) is 0 Å². The van der Waals surface area contributed by atoms with E-state index in [4.69, 9.17) is 5.73 Å². The van der Waals surface area contributed by atoms with E-state index in [-0.39, 0.29) is 30.6 Å². The Morgan fingerprint density at radius 3 is 2.32 bits per heavy atom. The van der Waals surface area contributed by atoms with Crippen molar-refractivity contribution in [2.24, 2.45) is 11.7 Å². The lowest BCUT2D eigenvalue weighted by Gasteiger charge is -2.16. The van der Waals surface area contributed by atoms with Gasteiger partial charge >= 0.3 is 0 Å².